The Morgan fingerprint density at radius 1 is 1.33 bits per heavy atom. The second-order valence-electron chi connectivity index (χ2n) is 5.09. The fraction of sp³-hybridized carbons (Fsp3) is 0.692. The summed E-state index contributed by atoms with van der Waals surface area (Å²) in [5, 5.41) is 9.28. The van der Waals surface area contributed by atoms with Crippen LogP contribution in [0.2, 0.25) is 0 Å². The molecule has 0 saturated heterocycles. The van der Waals surface area contributed by atoms with Gasteiger partial charge in [-0.3, -0.25) is 9.59 Å². The van der Waals surface area contributed by atoms with Crippen LogP contribution in [-0.4, -0.2) is 49.2 Å². The summed E-state index contributed by atoms with van der Waals surface area (Å²) in [7, 11) is 3.29. The Labute approximate surface area is 106 Å². The molecular weight excluding hydrogens is 234 g/mol. The Balaban J connectivity index is 2.09. The molecule has 0 aromatic rings. The first-order valence-electron chi connectivity index (χ1n) is 6.21. The Morgan fingerprint density at radius 2 is 1.94 bits per heavy atom. The Morgan fingerprint density at radius 3 is 2.50 bits per heavy atom. The zero-order chi connectivity index (χ0) is 13.3. The highest BCUT2D eigenvalue weighted by Crippen LogP contribution is 2.48. The molecule has 1 N–H and O–H groups in total. The lowest BCUT2D eigenvalue weighted by Gasteiger charge is -2.28. The van der Waals surface area contributed by atoms with E-state index in [4.69, 9.17) is 4.74 Å². The van der Waals surface area contributed by atoms with Crippen molar-refractivity contribution < 1.29 is 19.4 Å². The number of carboxylic acid groups (broad SMARTS) is 1. The molecular formula is C13H19NO4. The summed E-state index contributed by atoms with van der Waals surface area (Å²) in [6.07, 6.45) is 4.74. The molecule has 5 nitrogen and oxygen atoms in total. The third kappa shape index (κ3) is 2.14. The largest absolute Gasteiger partial charge is 0.481 e. The van der Waals surface area contributed by atoms with Gasteiger partial charge in [-0.05, 0) is 18.3 Å². The number of aliphatic carboxylic acids is 1. The van der Waals surface area contributed by atoms with Crippen molar-refractivity contribution in [1.29, 1.82) is 0 Å². The first-order valence-corrected chi connectivity index (χ1v) is 6.21. The molecule has 0 aromatic carbocycles. The first kappa shape index (κ1) is 13.1. The summed E-state index contributed by atoms with van der Waals surface area (Å²) in [5.41, 5.74) is 0. The fourth-order valence-electron chi connectivity index (χ4n) is 3.09. The number of allylic oxidation sites excluding steroid dienone is 2. The van der Waals surface area contributed by atoms with Crippen LogP contribution < -0.4 is 0 Å². The van der Waals surface area contributed by atoms with Crippen molar-refractivity contribution in [2.24, 2.45) is 23.7 Å². The molecule has 100 valence electrons. The molecule has 1 fully saturated rings. The normalized spacial score (nSPS) is 32.8. The van der Waals surface area contributed by atoms with E-state index in [1.54, 1.807) is 19.1 Å². The van der Waals surface area contributed by atoms with Crippen molar-refractivity contribution in [3.05, 3.63) is 12.2 Å². The van der Waals surface area contributed by atoms with E-state index in [-0.39, 0.29) is 17.7 Å². The molecule has 2 bridgehead atoms. The molecule has 0 radical (unpaired) electrons. The maximum atomic E-state index is 12.3. The molecule has 1 saturated carbocycles. The molecule has 0 heterocycles. The zero-order valence-corrected chi connectivity index (χ0v) is 10.7. The maximum absolute atomic E-state index is 12.3. The van der Waals surface area contributed by atoms with Gasteiger partial charge >= 0.3 is 5.97 Å². The van der Waals surface area contributed by atoms with Crippen LogP contribution in [0.5, 0.6) is 0 Å². The number of rotatable bonds is 5. The number of ether oxygens (including phenoxy) is 1. The number of hydrogen-bond acceptors (Lipinski definition) is 3. The fourth-order valence-corrected chi connectivity index (χ4v) is 3.09. The second-order valence-corrected chi connectivity index (χ2v) is 5.09. The molecule has 2 aliphatic carbocycles. The smallest absolute Gasteiger partial charge is 0.307 e. The van der Waals surface area contributed by atoms with Crippen LogP contribution in [0.25, 0.3) is 0 Å². The van der Waals surface area contributed by atoms with Gasteiger partial charge in [0.1, 0.15) is 0 Å². The molecule has 1 amide bonds. The van der Waals surface area contributed by atoms with E-state index in [1.807, 2.05) is 12.2 Å². The Bertz CT molecular complexity index is 379. The number of fused-ring (bicyclic) bond motifs is 2. The number of likely N-dealkylation sites (N-methyl/N-ethyl adjacent to an activating group) is 1. The number of carbonyl (C=O) groups is 2. The summed E-state index contributed by atoms with van der Waals surface area (Å²) in [6, 6.07) is 0. The lowest BCUT2D eigenvalue weighted by Crippen LogP contribution is -2.42. The topological polar surface area (TPSA) is 66.8 Å². The molecule has 0 spiro atoms. The van der Waals surface area contributed by atoms with Gasteiger partial charge in [0.25, 0.3) is 0 Å². The summed E-state index contributed by atoms with van der Waals surface area (Å²) in [4.78, 5) is 25.2. The minimum atomic E-state index is -0.856. The summed E-state index contributed by atoms with van der Waals surface area (Å²) >= 11 is 0. The number of carboxylic acids is 1. The van der Waals surface area contributed by atoms with Gasteiger partial charge in [0.05, 0.1) is 18.4 Å². The van der Waals surface area contributed by atoms with Gasteiger partial charge in [0.15, 0.2) is 0 Å². The van der Waals surface area contributed by atoms with Crippen molar-refractivity contribution in [3.63, 3.8) is 0 Å². The average Bonchev–Trinajstić information content (AvgIpc) is 2.94. The number of methoxy groups -OCH3 is 1. The molecule has 2 aliphatic rings. The zero-order valence-electron chi connectivity index (χ0n) is 10.7. The molecule has 0 aromatic heterocycles. The monoisotopic (exact) mass is 253 g/mol. The molecule has 18 heavy (non-hydrogen) atoms. The minimum absolute atomic E-state index is 0.0253. The van der Waals surface area contributed by atoms with Crippen LogP contribution in [0, 0.1) is 23.7 Å². The van der Waals surface area contributed by atoms with Crippen LogP contribution in [0.1, 0.15) is 6.42 Å². The number of amides is 1. The van der Waals surface area contributed by atoms with Gasteiger partial charge < -0.3 is 14.7 Å². The third-order valence-electron chi connectivity index (χ3n) is 4.04. The quantitative estimate of drug-likeness (QED) is 0.729. The van der Waals surface area contributed by atoms with Gasteiger partial charge in [-0.1, -0.05) is 12.2 Å². The van der Waals surface area contributed by atoms with Crippen molar-refractivity contribution in [2.75, 3.05) is 27.3 Å². The molecule has 2 unspecified atom stereocenters. The highest BCUT2D eigenvalue weighted by atomic mass is 16.5. The SMILES string of the molecule is COCCN(C)C(=O)[C@H]1C2C=CC(C2)[C@H]1C(=O)O. The molecule has 2 rings (SSSR count). The molecule has 4 atom stereocenters. The molecule has 5 heteroatoms. The lowest BCUT2D eigenvalue weighted by molar-refractivity contribution is -0.150. The lowest BCUT2D eigenvalue weighted by atomic mass is 9.82. The van der Waals surface area contributed by atoms with E-state index >= 15 is 0 Å². The van der Waals surface area contributed by atoms with Gasteiger partial charge in [-0.2, -0.15) is 0 Å². The maximum Gasteiger partial charge on any atom is 0.307 e. The van der Waals surface area contributed by atoms with E-state index in [1.165, 1.54) is 0 Å². The van der Waals surface area contributed by atoms with Crippen LogP contribution in [0.15, 0.2) is 12.2 Å². The number of carbonyl (C=O) groups excluding carboxylic acids is 1. The Kier molecular flexibility index (Phi) is 3.71. The summed E-state index contributed by atoms with van der Waals surface area (Å²) < 4.78 is 4.94. The van der Waals surface area contributed by atoms with Gasteiger partial charge in [0.2, 0.25) is 5.91 Å². The first-order chi connectivity index (χ1) is 8.56. The van der Waals surface area contributed by atoms with E-state index in [9.17, 15) is 14.7 Å². The van der Waals surface area contributed by atoms with Crippen LogP contribution in [-0.2, 0) is 14.3 Å². The van der Waals surface area contributed by atoms with E-state index in [0.717, 1.165) is 6.42 Å². The molecule has 0 aliphatic heterocycles. The minimum Gasteiger partial charge on any atom is -0.481 e. The highest BCUT2D eigenvalue weighted by molar-refractivity contribution is 5.86. The predicted octanol–water partition coefficient (Wildman–Crippen LogP) is 0.614. The van der Waals surface area contributed by atoms with E-state index in [2.05, 4.69) is 0 Å². The number of nitrogens with zero attached hydrogens (tertiary/aromatic N) is 1. The van der Waals surface area contributed by atoms with Gasteiger partial charge in [-0.25, -0.2) is 0 Å². The summed E-state index contributed by atoms with van der Waals surface area (Å²) in [6.45, 7) is 0.968. The van der Waals surface area contributed by atoms with Crippen molar-refractivity contribution >= 4 is 11.9 Å². The summed E-state index contributed by atoms with van der Waals surface area (Å²) in [5.74, 6) is -1.77. The van der Waals surface area contributed by atoms with Crippen molar-refractivity contribution in [1.82, 2.24) is 4.90 Å². The third-order valence-corrected chi connectivity index (χ3v) is 4.04. The Hall–Kier alpha value is -1.36. The predicted molar refractivity (Wildman–Crippen MR) is 64.9 cm³/mol. The van der Waals surface area contributed by atoms with Crippen molar-refractivity contribution in [3.8, 4) is 0 Å². The van der Waals surface area contributed by atoms with Crippen LogP contribution >= 0.6 is 0 Å². The highest BCUT2D eigenvalue weighted by Gasteiger charge is 2.52. The number of hydrogen-bond donors (Lipinski definition) is 1. The van der Waals surface area contributed by atoms with Gasteiger partial charge in [-0.15, -0.1) is 0 Å². The van der Waals surface area contributed by atoms with E-state index < -0.39 is 17.8 Å². The van der Waals surface area contributed by atoms with E-state index in [0.29, 0.717) is 13.2 Å². The van der Waals surface area contributed by atoms with Crippen molar-refractivity contribution in [2.45, 2.75) is 6.42 Å². The van der Waals surface area contributed by atoms with Gasteiger partial charge in [0, 0.05) is 20.7 Å². The van der Waals surface area contributed by atoms with Crippen LogP contribution in [0.3, 0.4) is 0 Å². The standard InChI is InChI=1S/C13H19NO4/c1-14(5-6-18-2)12(15)10-8-3-4-9(7-8)11(10)13(16)17/h3-4,8-11H,5-7H2,1-2H3,(H,16,17)/t8?,9?,10-,11+/m0/s1. The second kappa shape index (κ2) is 5.10. The van der Waals surface area contributed by atoms with Crippen LogP contribution in [0.4, 0.5) is 0 Å². The average molecular weight is 253 g/mol.